The summed E-state index contributed by atoms with van der Waals surface area (Å²) in [6.07, 6.45) is 6.67. The second-order valence-corrected chi connectivity index (χ2v) is 7.01. The van der Waals surface area contributed by atoms with Gasteiger partial charge in [0.05, 0.1) is 24.2 Å². The number of fused-ring (bicyclic) bond motifs is 3. The number of rotatable bonds is 4. The number of hydrogen-bond acceptors (Lipinski definition) is 6. The fraction of sp³-hybridized carbons (Fsp3) is 0.421. The average Bonchev–Trinajstić information content (AvgIpc) is 3.19. The molecule has 3 aromatic heterocycles. The lowest BCUT2D eigenvalue weighted by Crippen LogP contribution is -2.41. The summed E-state index contributed by atoms with van der Waals surface area (Å²) in [5.74, 6) is -0.0825. The Kier molecular flexibility index (Phi) is 4.81. The van der Waals surface area contributed by atoms with Crippen molar-refractivity contribution in [3.05, 3.63) is 41.1 Å². The molecule has 4 rings (SSSR count). The van der Waals surface area contributed by atoms with Gasteiger partial charge in [-0.25, -0.2) is 9.50 Å². The third kappa shape index (κ3) is 3.35. The number of piperidine rings is 1. The maximum Gasteiger partial charge on any atom is 0.305 e. The van der Waals surface area contributed by atoms with E-state index in [9.17, 15) is 14.4 Å². The highest BCUT2D eigenvalue weighted by Crippen LogP contribution is 2.21. The molecular weight excluding hydrogens is 362 g/mol. The molecule has 3 aromatic rings. The number of nitrogens with zero attached hydrogens (tertiary/aromatic N) is 5. The Morgan fingerprint density at radius 1 is 1.25 bits per heavy atom. The van der Waals surface area contributed by atoms with Crippen molar-refractivity contribution in [3.63, 3.8) is 0 Å². The lowest BCUT2D eigenvalue weighted by molar-refractivity contribution is -0.142. The molecule has 1 amide bonds. The van der Waals surface area contributed by atoms with Crippen molar-refractivity contribution in [3.8, 4) is 0 Å². The van der Waals surface area contributed by atoms with Gasteiger partial charge in [-0.1, -0.05) is 0 Å². The largest absolute Gasteiger partial charge is 0.469 e. The molecule has 0 atom stereocenters. The minimum atomic E-state index is -0.267. The number of esters is 1. The Balaban J connectivity index is 1.47. The summed E-state index contributed by atoms with van der Waals surface area (Å²) >= 11 is 0. The van der Waals surface area contributed by atoms with Gasteiger partial charge in [-0.2, -0.15) is 5.10 Å². The van der Waals surface area contributed by atoms with Crippen molar-refractivity contribution < 1.29 is 14.3 Å². The number of pyridine rings is 1. The first kappa shape index (κ1) is 18.1. The molecule has 9 heteroatoms. The van der Waals surface area contributed by atoms with E-state index in [0.717, 1.165) is 12.8 Å². The van der Waals surface area contributed by atoms with Crippen LogP contribution in [-0.2, 0) is 20.9 Å². The van der Waals surface area contributed by atoms with Crippen molar-refractivity contribution in [1.29, 1.82) is 0 Å². The van der Waals surface area contributed by atoms with Crippen molar-refractivity contribution in [2.45, 2.75) is 25.8 Å². The highest BCUT2D eigenvalue weighted by molar-refractivity contribution is 5.80. The van der Waals surface area contributed by atoms with Crippen molar-refractivity contribution in [1.82, 2.24) is 24.1 Å². The quantitative estimate of drug-likeness (QED) is 0.620. The van der Waals surface area contributed by atoms with Crippen LogP contribution in [0.1, 0.15) is 19.3 Å². The predicted octanol–water partition coefficient (Wildman–Crippen LogP) is 0.846. The SMILES string of the molecule is COC(=O)CC1CCN(C(=O)Cn2ccc3c(cnc4ccnn43)c2=O)CC1. The van der Waals surface area contributed by atoms with E-state index in [1.165, 1.54) is 17.9 Å². The van der Waals surface area contributed by atoms with Crippen LogP contribution < -0.4 is 5.56 Å². The van der Waals surface area contributed by atoms with E-state index in [1.54, 1.807) is 33.9 Å². The zero-order valence-corrected chi connectivity index (χ0v) is 15.6. The Hall–Kier alpha value is -3.23. The zero-order chi connectivity index (χ0) is 19.7. The van der Waals surface area contributed by atoms with Gasteiger partial charge in [-0.05, 0) is 24.8 Å². The molecule has 1 aliphatic heterocycles. The minimum Gasteiger partial charge on any atom is -0.469 e. The molecule has 0 N–H and O–H groups in total. The summed E-state index contributed by atoms with van der Waals surface area (Å²) in [6, 6.07) is 3.53. The number of aromatic nitrogens is 4. The summed E-state index contributed by atoms with van der Waals surface area (Å²) < 4.78 is 7.72. The molecule has 1 aliphatic rings. The molecule has 1 fully saturated rings. The highest BCUT2D eigenvalue weighted by atomic mass is 16.5. The van der Waals surface area contributed by atoms with Crippen molar-refractivity contribution in [2.24, 2.45) is 5.92 Å². The second kappa shape index (κ2) is 7.41. The number of hydrogen-bond donors (Lipinski definition) is 0. The number of carbonyl (C=O) groups excluding carboxylic acids is 2. The maximum atomic E-state index is 12.8. The van der Waals surface area contributed by atoms with E-state index in [-0.39, 0.29) is 29.9 Å². The van der Waals surface area contributed by atoms with Gasteiger partial charge in [0, 0.05) is 38.0 Å². The topological polar surface area (TPSA) is 98.8 Å². The summed E-state index contributed by atoms with van der Waals surface area (Å²) in [6.45, 7) is 1.14. The number of amides is 1. The van der Waals surface area contributed by atoms with Gasteiger partial charge in [0.15, 0.2) is 5.65 Å². The molecule has 0 aromatic carbocycles. The van der Waals surface area contributed by atoms with Gasteiger partial charge in [-0.3, -0.25) is 14.4 Å². The van der Waals surface area contributed by atoms with Crippen LogP contribution in [0.25, 0.3) is 16.6 Å². The minimum absolute atomic E-state index is 0.0203. The Bertz CT molecular complexity index is 1090. The summed E-state index contributed by atoms with van der Waals surface area (Å²) in [5, 5.41) is 4.60. The molecule has 28 heavy (non-hydrogen) atoms. The van der Waals surface area contributed by atoms with E-state index in [2.05, 4.69) is 10.1 Å². The monoisotopic (exact) mass is 383 g/mol. The molecular formula is C19H21N5O4. The predicted molar refractivity (Wildman–Crippen MR) is 101 cm³/mol. The smallest absolute Gasteiger partial charge is 0.305 e. The van der Waals surface area contributed by atoms with E-state index in [0.29, 0.717) is 36.1 Å². The van der Waals surface area contributed by atoms with Gasteiger partial charge in [0.25, 0.3) is 5.56 Å². The Labute approximate surface area is 160 Å². The Morgan fingerprint density at radius 2 is 2.04 bits per heavy atom. The molecule has 4 heterocycles. The first-order valence-electron chi connectivity index (χ1n) is 9.23. The summed E-state index contributed by atoms with van der Waals surface area (Å²) in [7, 11) is 1.38. The van der Waals surface area contributed by atoms with Gasteiger partial charge >= 0.3 is 5.97 Å². The van der Waals surface area contributed by atoms with Gasteiger partial charge < -0.3 is 14.2 Å². The molecule has 0 bridgehead atoms. The Morgan fingerprint density at radius 3 is 2.79 bits per heavy atom. The van der Waals surface area contributed by atoms with Crippen molar-refractivity contribution >= 4 is 28.4 Å². The third-order valence-corrected chi connectivity index (χ3v) is 5.31. The number of ether oxygens (including phenoxy) is 1. The third-order valence-electron chi connectivity index (χ3n) is 5.31. The van der Waals surface area contributed by atoms with E-state index in [4.69, 9.17) is 4.74 Å². The molecule has 146 valence electrons. The van der Waals surface area contributed by atoms with Crippen LogP contribution in [-0.4, -0.2) is 56.1 Å². The first-order chi connectivity index (χ1) is 13.6. The molecule has 9 nitrogen and oxygen atoms in total. The van der Waals surface area contributed by atoms with Crippen LogP contribution >= 0.6 is 0 Å². The fourth-order valence-corrected chi connectivity index (χ4v) is 3.67. The molecule has 0 spiro atoms. The summed E-state index contributed by atoms with van der Waals surface area (Å²) in [4.78, 5) is 42.8. The number of methoxy groups -OCH3 is 1. The normalized spacial score (nSPS) is 15.2. The maximum absolute atomic E-state index is 12.8. The van der Waals surface area contributed by atoms with E-state index >= 15 is 0 Å². The lowest BCUT2D eigenvalue weighted by atomic mass is 9.93. The van der Waals surface area contributed by atoms with Crippen LogP contribution in [0.4, 0.5) is 0 Å². The molecule has 1 saturated heterocycles. The standard InChI is InChI=1S/C19H21N5O4/c1-28-18(26)10-13-3-7-22(8-4-13)17(25)12-23-9-5-15-14(19(23)27)11-20-16-2-6-21-24(15)16/h2,5-6,9,11,13H,3-4,7-8,10,12H2,1H3. The fourth-order valence-electron chi connectivity index (χ4n) is 3.67. The lowest BCUT2D eigenvalue weighted by Gasteiger charge is -2.31. The number of likely N-dealkylation sites (tertiary alicyclic amines) is 1. The van der Waals surface area contributed by atoms with Crippen LogP contribution in [0.3, 0.4) is 0 Å². The molecule has 0 saturated carbocycles. The van der Waals surface area contributed by atoms with E-state index in [1.807, 2.05) is 0 Å². The van der Waals surface area contributed by atoms with Crippen LogP contribution in [0.5, 0.6) is 0 Å². The van der Waals surface area contributed by atoms with Crippen LogP contribution in [0, 0.1) is 5.92 Å². The summed E-state index contributed by atoms with van der Waals surface area (Å²) in [5.41, 5.74) is 1.05. The van der Waals surface area contributed by atoms with Gasteiger partial charge in [-0.15, -0.1) is 0 Å². The van der Waals surface area contributed by atoms with E-state index < -0.39 is 0 Å². The zero-order valence-electron chi connectivity index (χ0n) is 15.6. The highest BCUT2D eigenvalue weighted by Gasteiger charge is 2.25. The average molecular weight is 383 g/mol. The molecule has 0 aliphatic carbocycles. The molecule has 0 radical (unpaired) electrons. The molecule has 0 unspecified atom stereocenters. The van der Waals surface area contributed by atoms with Crippen LogP contribution in [0.15, 0.2) is 35.5 Å². The first-order valence-corrected chi connectivity index (χ1v) is 9.23. The van der Waals surface area contributed by atoms with Gasteiger partial charge in [0.2, 0.25) is 5.91 Å². The van der Waals surface area contributed by atoms with Crippen molar-refractivity contribution in [2.75, 3.05) is 20.2 Å². The van der Waals surface area contributed by atoms with Gasteiger partial charge in [0.1, 0.15) is 6.54 Å². The number of carbonyl (C=O) groups is 2. The second-order valence-electron chi connectivity index (χ2n) is 7.01. The van der Waals surface area contributed by atoms with Crippen LogP contribution in [0.2, 0.25) is 0 Å².